The third-order valence-electron chi connectivity index (χ3n) is 3.19. The number of aliphatic hydroxyl groups excluding tert-OH is 2. The molecule has 0 fully saturated rings. The first-order chi connectivity index (χ1) is 10.2. The van der Waals surface area contributed by atoms with E-state index in [1.54, 1.807) is 0 Å². The lowest BCUT2D eigenvalue weighted by Crippen LogP contribution is -2.12. The third-order valence-corrected chi connectivity index (χ3v) is 3.45. The number of ether oxygens (including phenoxy) is 1. The number of rotatable bonds is 7. The summed E-state index contributed by atoms with van der Waals surface area (Å²) in [6.45, 7) is 0.284. The molecule has 0 aliphatic rings. The molecule has 2 N–H and O–H groups in total. The predicted molar refractivity (Wildman–Crippen MR) is 83.6 cm³/mol. The van der Waals surface area contributed by atoms with Crippen LogP contribution in [0.5, 0.6) is 5.75 Å². The Morgan fingerprint density at radius 1 is 1.05 bits per heavy atom. The highest BCUT2D eigenvalue weighted by Crippen LogP contribution is 2.17. The second kappa shape index (κ2) is 8.03. The second-order valence-electron chi connectivity index (χ2n) is 4.94. The minimum atomic E-state index is -0.663. The molecule has 0 heterocycles. The van der Waals surface area contributed by atoms with Crippen molar-refractivity contribution < 1.29 is 14.9 Å². The Morgan fingerprint density at radius 3 is 2.52 bits per heavy atom. The Labute approximate surface area is 129 Å². The van der Waals surface area contributed by atoms with Crippen molar-refractivity contribution in [2.75, 3.05) is 6.61 Å². The van der Waals surface area contributed by atoms with Gasteiger partial charge < -0.3 is 14.9 Å². The highest BCUT2D eigenvalue weighted by molar-refractivity contribution is 6.30. The van der Waals surface area contributed by atoms with E-state index in [0.717, 1.165) is 16.9 Å². The van der Waals surface area contributed by atoms with Gasteiger partial charge in [-0.1, -0.05) is 35.9 Å². The molecule has 0 amide bonds. The van der Waals surface area contributed by atoms with Gasteiger partial charge in [-0.25, -0.2) is 0 Å². The molecule has 1 atom stereocenters. The smallest absolute Gasteiger partial charge is 0.120 e. The molecule has 2 aromatic rings. The van der Waals surface area contributed by atoms with Crippen LogP contribution in [0.3, 0.4) is 0 Å². The van der Waals surface area contributed by atoms with E-state index in [0.29, 0.717) is 24.5 Å². The number of halogens is 1. The van der Waals surface area contributed by atoms with E-state index in [2.05, 4.69) is 0 Å². The summed E-state index contributed by atoms with van der Waals surface area (Å²) in [5.74, 6) is 0.793. The summed E-state index contributed by atoms with van der Waals surface area (Å²) in [4.78, 5) is 0. The van der Waals surface area contributed by atoms with Gasteiger partial charge in [-0.15, -0.1) is 0 Å². The van der Waals surface area contributed by atoms with E-state index >= 15 is 0 Å². The number of hydrogen-bond donors (Lipinski definition) is 2. The fraction of sp³-hybridized carbons (Fsp3) is 0.294. The van der Waals surface area contributed by atoms with Crippen LogP contribution in [-0.2, 0) is 13.0 Å². The molecule has 2 aromatic carbocycles. The molecule has 3 nitrogen and oxygen atoms in total. The minimum Gasteiger partial charge on any atom is -0.489 e. The van der Waals surface area contributed by atoms with Crippen LogP contribution in [0.15, 0.2) is 48.5 Å². The van der Waals surface area contributed by atoms with Crippen molar-refractivity contribution in [3.05, 3.63) is 64.7 Å². The van der Waals surface area contributed by atoms with Crippen LogP contribution in [0.1, 0.15) is 17.5 Å². The van der Waals surface area contributed by atoms with Crippen molar-refractivity contribution in [3.63, 3.8) is 0 Å². The van der Waals surface area contributed by atoms with E-state index in [9.17, 15) is 5.11 Å². The molecule has 1 unspecified atom stereocenters. The van der Waals surface area contributed by atoms with E-state index in [1.165, 1.54) is 0 Å². The number of hydrogen-bond acceptors (Lipinski definition) is 3. The number of aryl methyl sites for hydroxylation is 1. The Bertz CT molecular complexity index is 554. The van der Waals surface area contributed by atoms with Gasteiger partial charge in [0, 0.05) is 5.02 Å². The molecule has 21 heavy (non-hydrogen) atoms. The van der Waals surface area contributed by atoms with Crippen LogP contribution >= 0.6 is 11.6 Å². The topological polar surface area (TPSA) is 49.7 Å². The van der Waals surface area contributed by atoms with Crippen molar-refractivity contribution >= 4 is 11.6 Å². The van der Waals surface area contributed by atoms with Gasteiger partial charge in [0.1, 0.15) is 12.4 Å². The Kier molecular flexibility index (Phi) is 6.05. The second-order valence-corrected chi connectivity index (χ2v) is 5.37. The van der Waals surface area contributed by atoms with Crippen LogP contribution in [-0.4, -0.2) is 22.9 Å². The van der Waals surface area contributed by atoms with E-state index in [-0.39, 0.29) is 6.61 Å². The van der Waals surface area contributed by atoms with Crippen molar-refractivity contribution in [1.29, 1.82) is 0 Å². The predicted octanol–water partition coefficient (Wildman–Crippen LogP) is 3.20. The Morgan fingerprint density at radius 2 is 1.81 bits per heavy atom. The van der Waals surface area contributed by atoms with Gasteiger partial charge in [-0.3, -0.25) is 0 Å². The molecule has 0 saturated carbocycles. The SMILES string of the molecule is OCC(O)CCc1cccc(OCc2ccc(Cl)cc2)c1. The van der Waals surface area contributed by atoms with Gasteiger partial charge in [-0.2, -0.15) is 0 Å². The van der Waals surface area contributed by atoms with Crippen LogP contribution in [0.4, 0.5) is 0 Å². The first-order valence-electron chi connectivity index (χ1n) is 6.92. The van der Waals surface area contributed by atoms with Crippen LogP contribution in [0, 0.1) is 0 Å². The van der Waals surface area contributed by atoms with E-state index in [1.807, 2.05) is 48.5 Å². The molecule has 0 spiro atoms. The molecule has 2 rings (SSSR count). The fourth-order valence-electron chi connectivity index (χ4n) is 1.96. The summed E-state index contributed by atoms with van der Waals surface area (Å²) in [5.41, 5.74) is 2.14. The summed E-state index contributed by atoms with van der Waals surface area (Å²) in [6.07, 6.45) is 0.584. The van der Waals surface area contributed by atoms with Crippen LogP contribution in [0.2, 0.25) is 5.02 Å². The Hall–Kier alpha value is -1.55. The highest BCUT2D eigenvalue weighted by atomic mass is 35.5. The summed E-state index contributed by atoms with van der Waals surface area (Å²) in [7, 11) is 0. The molecule has 0 saturated heterocycles. The number of aliphatic hydroxyl groups is 2. The normalized spacial score (nSPS) is 12.1. The summed E-state index contributed by atoms with van der Waals surface area (Å²) in [6, 6.07) is 15.3. The fourth-order valence-corrected chi connectivity index (χ4v) is 2.09. The monoisotopic (exact) mass is 306 g/mol. The van der Waals surface area contributed by atoms with Gasteiger partial charge in [0.15, 0.2) is 0 Å². The molecule has 112 valence electrons. The number of benzene rings is 2. The molecule has 0 bridgehead atoms. The average molecular weight is 307 g/mol. The Balaban J connectivity index is 1.90. The van der Waals surface area contributed by atoms with Gasteiger partial charge >= 0.3 is 0 Å². The first kappa shape index (κ1) is 15.8. The van der Waals surface area contributed by atoms with Gasteiger partial charge in [0.2, 0.25) is 0 Å². The first-order valence-corrected chi connectivity index (χ1v) is 7.30. The molecular formula is C17H19ClO3. The lowest BCUT2D eigenvalue weighted by atomic mass is 10.1. The molecular weight excluding hydrogens is 288 g/mol. The minimum absolute atomic E-state index is 0.202. The van der Waals surface area contributed by atoms with Crippen molar-refractivity contribution in [2.45, 2.75) is 25.6 Å². The van der Waals surface area contributed by atoms with Crippen molar-refractivity contribution in [1.82, 2.24) is 0 Å². The largest absolute Gasteiger partial charge is 0.489 e. The maximum absolute atomic E-state index is 9.37. The quantitative estimate of drug-likeness (QED) is 0.826. The summed E-state index contributed by atoms with van der Waals surface area (Å²) < 4.78 is 5.75. The third kappa shape index (κ3) is 5.38. The van der Waals surface area contributed by atoms with Gasteiger partial charge in [0.25, 0.3) is 0 Å². The van der Waals surface area contributed by atoms with E-state index in [4.69, 9.17) is 21.4 Å². The van der Waals surface area contributed by atoms with E-state index < -0.39 is 6.10 Å². The lowest BCUT2D eigenvalue weighted by Gasteiger charge is -2.10. The molecule has 0 radical (unpaired) electrons. The highest BCUT2D eigenvalue weighted by Gasteiger charge is 2.04. The summed E-state index contributed by atoms with van der Waals surface area (Å²) in [5, 5.41) is 18.9. The van der Waals surface area contributed by atoms with Crippen LogP contribution in [0.25, 0.3) is 0 Å². The molecule has 0 aliphatic carbocycles. The molecule has 0 aromatic heterocycles. The summed E-state index contributed by atoms with van der Waals surface area (Å²) >= 11 is 5.84. The van der Waals surface area contributed by atoms with Gasteiger partial charge in [-0.05, 0) is 48.2 Å². The standard InChI is InChI=1S/C17H19ClO3/c18-15-7-4-14(5-8-15)12-21-17-3-1-2-13(10-17)6-9-16(20)11-19/h1-5,7-8,10,16,19-20H,6,9,11-12H2. The maximum atomic E-state index is 9.37. The van der Waals surface area contributed by atoms with Gasteiger partial charge in [0.05, 0.1) is 12.7 Å². The van der Waals surface area contributed by atoms with Crippen molar-refractivity contribution in [2.24, 2.45) is 0 Å². The lowest BCUT2D eigenvalue weighted by molar-refractivity contribution is 0.0885. The zero-order valence-corrected chi connectivity index (χ0v) is 12.5. The zero-order valence-electron chi connectivity index (χ0n) is 11.7. The average Bonchev–Trinajstić information content (AvgIpc) is 2.52. The van der Waals surface area contributed by atoms with Crippen molar-refractivity contribution in [3.8, 4) is 5.75 Å². The molecule has 0 aliphatic heterocycles. The zero-order chi connectivity index (χ0) is 15.1. The molecule has 4 heteroatoms. The maximum Gasteiger partial charge on any atom is 0.120 e. The van der Waals surface area contributed by atoms with Crippen LogP contribution < -0.4 is 4.74 Å².